The maximum Gasteiger partial charge on any atom is 0.204 e. The Bertz CT molecular complexity index is 2570. The fourth-order valence-corrected chi connectivity index (χ4v) is 12.2. The zero-order chi connectivity index (χ0) is 48.7. The Kier molecular flexibility index (Phi) is 15.7. The number of aliphatic hydroxyl groups is 2. The van der Waals surface area contributed by atoms with E-state index in [4.69, 9.17) is 27.8 Å². The van der Waals surface area contributed by atoms with Gasteiger partial charge in [0.25, 0.3) is 0 Å². The van der Waals surface area contributed by atoms with Crippen LogP contribution in [-0.4, -0.2) is 108 Å². The van der Waals surface area contributed by atoms with Crippen molar-refractivity contribution >= 4 is 19.7 Å². The van der Waals surface area contributed by atoms with Crippen molar-refractivity contribution in [2.45, 2.75) is 101 Å². The van der Waals surface area contributed by atoms with Crippen molar-refractivity contribution in [1.29, 1.82) is 0 Å². The fraction of sp³-hybridized carbons (Fsp3) is 0.500. The lowest BCUT2D eigenvalue weighted by molar-refractivity contribution is -0.00155. The summed E-state index contributed by atoms with van der Waals surface area (Å²) < 4.78 is 89.1. The monoisotopic (exact) mass is 978 g/mol. The van der Waals surface area contributed by atoms with E-state index in [2.05, 4.69) is 20.4 Å². The Morgan fingerprint density at radius 1 is 0.559 bits per heavy atom. The summed E-state index contributed by atoms with van der Waals surface area (Å²) in [6, 6.07) is 17.4. The van der Waals surface area contributed by atoms with Crippen molar-refractivity contribution < 1.29 is 54.8 Å². The van der Waals surface area contributed by atoms with Crippen molar-refractivity contribution in [1.82, 2.24) is 29.5 Å². The molecule has 0 aliphatic heterocycles. The van der Waals surface area contributed by atoms with Gasteiger partial charge in [0.1, 0.15) is 45.9 Å². The molecule has 2 aliphatic rings. The smallest absolute Gasteiger partial charge is 0.204 e. The number of furan rings is 2. The van der Waals surface area contributed by atoms with Crippen molar-refractivity contribution in [2.75, 3.05) is 39.9 Å². The third kappa shape index (κ3) is 11.4. The van der Waals surface area contributed by atoms with Gasteiger partial charge in [-0.2, -0.15) is 0 Å². The summed E-state index contributed by atoms with van der Waals surface area (Å²) >= 11 is 0. The van der Waals surface area contributed by atoms with Crippen LogP contribution in [0.2, 0.25) is 0 Å². The predicted octanol–water partition coefficient (Wildman–Crippen LogP) is 7.58. The summed E-state index contributed by atoms with van der Waals surface area (Å²) in [5.41, 5.74) is -1.07. The van der Waals surface area contributed by atoms with Crippen molar-refractivity contribution in [3.05, 3.63) is 84.8 Å². The van der Waals surface area contributed by atoms with Gasteiger partial charge in [0.05, 0.1) is 63.7 Å². The van der Waals surface area contributed by atoms with Crippen LogP contribution < -0.4 is 18.9 Å². The molecule has 2 aromatic carbocycles. The molecule has 68 heavy (non-hydrogen) atoms. The molecule has 4 aromatic heterocycles. The van der Waals surface area contributed by atoms with Gasteiger partial charge < -0.3 is 38.0 Å². The van der Waals surface area contributed by atoms with Crippen LogP contribution in [0.4, 0.5) is 0 Å². The van der Waals surface area contributed by atoms with Crippen LogP contribution in [0.3, 0.4) is 0 Å². The molecule has 2 atom stereocenters. The number of rotatable bonds is 20. The van der Waals surface area contributed by atoms with Crippen LogP contribution in [0.25, 0.3) is 34.5 Å². The summed E-state index contributed by atoms with van der Waals surface area (Å²) in [7, 11) is -1.14. The van der Waals surface area contributed by atoms with Crippen LogP contribution in [0.15, 0.2) is 82.0 Å². The van der Waals surface area contributed by atoms with Crippen LogP contribution >= 0.6 is 0 Å². The molecule has 6 aromatic rings. The zero-order valence-electron chi connectivity index (χ0n) is 39.5. The lowest BCUT2D eigenvalue weighted by atomic mass is 9.86. The van der Waals surface area contributed by atoms with Crippen molar-refractivity contribution in [3.63, 3.8) is 0 Å². The Morgan fingerprint density at radius 2 is 0.897 bits per heavy atom. The second-order valence-corrected chi connectivity index (χ2v) is 22.3. The van der Waals surface area contributed by atoms with Crippen LogP contribution in [-0.2, 0) is 31.2 Å². The molecular weight excluding hydrogens is 917 g/mol. The van der Waals surface area contributed by atoms with E-state index in [0.717, 1.165) is 51.4 Å². The van der Waals surface area contributed by atoms with E-state index in [0.29, 0.717) is 57.5 Å². The average Bonchev–Trinajstić information content (AvgIpc) is 4.18. The van der Waals surface area contributed by atoms with Gasteiger partial charge in [-0.15, -0.1) is 20.4 Å². The molecule has 0 spiro atoms. The molecule has 368 valence electrons. The van der Waals surface area contributed by atoms with E-state index < -0.39 is 30.9 Å². The van der Waals surface area contributed by atoms with E-state index in [1.54, 1.807) is 83.6 Å². The van der Waals surface area contributed by atoms with Gasteiger partial charge in [-0.3, -0.25) is 9.13 Å². The third-order valence-corrected chi connectivity index (χ3v) is 16.2. The molecule has 0 unspecified atom stereocenters. The number of hydrogen-bond donors (Lipinski definition) is 2. The number of aromatic nitrogens is 6. The Morgan fingerprint density at radius 3 is 1.19 bits per heavy atom. The highest BCUT2D eigenvalue weighted by atomic mass is 32.2. The minimum absolute atomic E-state index is 0.134. The van der Waals surface area contributed by atoms with Crippen molar-refractivity contribution in [2.24, 2.45) is 11.8 Å². The molecule has 2 saturated carbocycles. The average molecular weight is 979 g/mol. The van der Waals surface area contributed by atoms with E-state index in [1.165, 1.54) is 41.0 Å². The number of nitrogens with zero attached hydrogens (tertiary/aromatic N) is 6. The zero-order valence-corrected chi connectivity index (χ0v) is 41.1. The SMILES string of the molecule is COc1cccc(OC)c1-n1c(CS(=O)(=O)CC[C@@](C)(O)C2CCCC2)nnc1-c1ccco1.COc1cccc(OC)c1-n1c(CS(=O)(=O)CC[C@](C)(O)C2CCCC2)nnc1-c1ccco1. The molecule has 4 heterocycles. The molecule has 2 aliphatic carbocycles. The van der Waals surface area contributed by atoms with E-state index in [-0.39, 0.29) is 59.3 Å². The molecule has 2 N–H and O–H groups in total. The first-order valence-corrected chi connectivity index (χ1v) is 26.4. The van der Waals surface area contributed by atoms with Crippen LogP contribution in [0, 0.1) is 11.8 Å². The highest BCUT2D eigenvalue weighted by molar-refractivity contribution is 7.90. The number of hydrogen-bond acceptors (Lipinski definition) is 16. The molecule has 0 bridgehead atoms. The molecule has 0 amide bonds. The number of benzene rings is 2. The molecule has 2 fully saturated rings. The number of sulfone groups is 2. The maximum atomic E-state index is 13.2. The quantitative estimate of drug-likeness (QED) is 0.0750. The molecule has 0 radical (unpaired) electrons. The standard InChI is InChI=1S/2C24H31N3O6S/c2*1-24(28,17-8-4-5-9-17)13-15-34(29,30)16-21-25-26-23(20-12-7-14-33-20)27(21)22-18(31-2)10-6-11-19(22)32-3/h2*6-7,10-12,14,17,28H,4-5,8-9,13,15-16H2,1-3H3/t2*24-/m10/s1. The summed E-state index contributed by atoms with van der Waals surface area (Å²) in [5, 5.41) is 38.7. The van der Waals surface area contributed by atoms with Crippen molar-refractivity contribution in [3.8, 4) is 57.5 Å². The Labute approximate surface area is 397 Å². The van der Waals surface area contributed by atoms with Gasteiger partial charge in [-0.1, -0.05) is 37.8 Å². The topological polar surface area (TPSA) is 233 Å². The second kappa shape index (κ2) is 21.3. The van der Waals surface area contributed by atoms with Gasteiger partial charge in [0, 0.05) is 0 Å². The van der Waals surface area contributed by atoms with Gasteiger partial charge >= 0.3 is 0 Å². The highest BCUT2D eigenvalue weighted by Crippen LogP contribution is 2.40. The summed E-state index contributed by atoms with van der Waals surface area (Å²) in [5.74, 6) is 3.03. The van der Waals surface area contributed by atoms with Crippen LogP contribution in [0.1, 0.15) is 89.7 Å². The molecular formula is C48H62N6O12S2. The van der Waals surface area contributed by atoms with E-state index in [9.17, 15) is 27.0 Å². The van der Waals surface area contributed by atoms with Gasteiger partial charge in [0.2, 0.25) is 11.6 Å². The van der Waals surface area contributed by atoms with E-state index >= 15 is 0 Å². The van der Waals surface area contributed by atoms with Crippen LogP contribution in [0.5, 0.6) is 23.0 Å². The minimum atomic E-state index is -3.62. The Hall–Kier alpha value is -5.70. The predicted molar refractivity (Wildman–Crippen MR) is 254 cm³/mol. The molecule has 20 heteroatoms. The fourth-order valence-electron chi connectivity index (χ4n) is 9.29. The first-order valence-electron chi connectivity index (χ1n) is 22.8. The first kappa shape index (κ1) is 50.2. The summed E-state index contributed by atoms with van der Waals surface area (Å²) in [6.07, 6.45) is 11.4. The number of methoxy groups -OCH3 is 4. The van der Waals surface area contributed by atoms with Gasteiger partial charge in [-0.25, -0.2) is 16.8 Å². The molecule has 8 rings (SSSR count). The van der Waals surface area contributed by atoms with E-state index in [1.807, 2.05) is 0 Å². The molecule has 0 saturated heterocycles. The first-order chi connectivity index (χ1) is 32.5. The largest absolute Gasteiger partial charge is 0.494 e. The third-order valence-electron chi connectivity index (χ3n) is 13.2. The van der Waals surface area contributed by atoms with Gasteiger partial charge in [-0.05, 0) is 113 Å². The number of ether oxygens (including phenoxy) is 4. The number of para-hydroxylation sites is 2. The Balaban J connectivity index is 0.000000201. The minimum Gasteiger partial charge on any atom is -0.494 e. The van der Waals surface area contributed by atoms with Gasteiger partial charge in [0.15, 0.2) is 42.8 Å². The normalized spacial score (nSPS) is 16.5. The highest BCUT2D eigenvalue weighted by Gasteiger charge is 2.37. The maximum absolute atomic E-state index is 13.2. The molecule has 18 nitrogen and oxygen atoms in total. The summed E-state index contributed by atoms with van der Waals surface area (Å²) in [4.78, 5) is 0. The second-order valence-electron chi connectivity index (χ2n) is 17.9. The summed E-state index contributed by atoms with van der Waals surface area (Å²) in [6.45, 7) is 3.49. The lowest BCUT2D eigenvalue weighted by Crippen LogP contribution is -2.35. The lowest BCUT2D eigenvalue weighted by Gasteiger charge is -2.30.